The van der Waals surface area contributed by atoms with E-state index in [0.29, 0.717) is 23.2 Å². The van der Waals surface area contributed by atoms with Crippen molar-refractivity contribution in [1.29, 1.82) is 0 Å². The molecule has 9 nitrogen and oxygen atoms in total. The van der Waals surface area contributed by atoms with Crippen molar-refractivity contribution in [2.24, 2.45) is 11.1 Å². The normalized spacial score (nSPS) is 25.9. The SMILES string of the molecule is NC(=O)[C@@H]1CCCN1c1ccc(C2CN(C(=O)N3CC4(CC(c5nnc(C6CC6)[nH]5)C4)C3)C2)cc1. The average Bonchev–Trinajstić information content (AvgIpc) is 3.28. The van der Waals surface area contributed by atoms with Gasteiger partial charge in [0, 0.05) is 61.6 Å². The monoisotopic (exact) mass is 475 g/mol. The van der Waals surface area contributed by atoms with Crippen LogP contribution in [-0.4, -0.2) is 75.7 Å². The van der Waals surface area contributed by atoms with Crippen LogP contribution in [0.15, 0.2) is 24.3 Å². The molecule has 1 aromatic carbocycles. The first-order valence-corrected chi connectivity index (χ1v) is 13.1. The minimum absolute atomic E-state index is 0.184. The molecule has 0 unspecified atom stereocenters. The van der Waals surface area contributed by atoms with Gasteiger partial charge in [0.25, 0.3) is 0 Å². The van der Waals surface area contributed by atoms with Crippen LogP contribution in [0.5, 0.6) is 0 Å². The number of likely N-dealkylation sites (tertiary alicyclic amines) is 2. The molecule has 3 saturated heterocycles. The van der Waals surface area contributed by atoms with E-state index in [1.54, 1.807) is 0 Å². The van der Waals surface area contributed by atoms with Crippen molar-refractivity contribution in [2.45, 2.75) is 62.3 Å². The molecule has 0 bridgehead atoms. The quantitative estimate of drug-likeness (QED) is 0.690. The third-order valence-corrected chi connectivity index (χ3v) is 8.98. The molecular formula is C26H33N7O2. The van der Waals surface area contributed by atoms with Gasteiger partial charge in [-0.3, -0.25) is 4.79 Å². The van der Waals surface area contributed by atoms with Gasteiger partial charge >= 0.3 is 6.03 Å². The molecule has 5 aliphatic rings. The number of nitrogens with two attached hydrogens (primary N) is 1. The van der Waals surface area contributed by atoms with Crippen molar-refractivity contribution in [3.05, 3.63) is 41.5 Å². The maximum Gasteiger partial charge on any atom is 0.320 e. The Bertz CT molecular complexity index is 1140. The lowest BCUT2D eigenvalue weighted by Gasteiger charge is -2.59. The fraction of sp³-hybridized carbons (Fsp3) is 0.615. The van der Waals surface area contributed by atoms with E-state index in [2.05, 4.69) is 44.3 Å². The largest absolute Gasteiger partial charge is 0.368 e. The Labute approximate surface area is 205 Å². The number of nitrogens with one attached hydrogen (secondary N) is 1. The van der Waals surface area contributed by atoms with Crippen LogP contribution < -0.4 is 10.6 Å². The van der Waals surface area contributed by atoms with Gasteiger partial charge in [-0.1, -0.05) is 12.1 Å². The van der Waals surface area contributed by atoms with Gasteiger partial charge in [0.15, 0.2) is 0 Å². The summed E-state index contributed by atoms with van der Waals surface area (Å²) in [4.78, 5) is 34.2. The molecule has 2 saturated carbocycles. The number of amides is 3. The summed E-state index contributed by atoms with van der Waals surface area (Å²) in [5.74, 6) is 3.34. The topological polar surface area (TPSA) is 111 Å². The molecule has 2 aromatic rings. The van der Waals surface area contributed by atoms with Gasteiger partial charge in [0.2, 0.25) is 5.91 Å². The van der Waals surface area contributed by atoms with Gasteiger partial charge in [0.1, 0.15) is 17.7 Å². The summed E-state index contributed by atoms with van der Waals surface area (Å²) in [7, 11) is 0. The van der Waals surface area contributed by atoms with E-state index in [4.69, 9.17) is 5.73 Å². The van der Waals surface area contributed by atoms with Crippen LogP contribution in [0.3, 0.4) is 0 Å². The van der Waals surface area contributed by atoms with E-state index in [9.17, 15) is 9.59 Å². The number of hydrogen-bond donors (Lipinski definition) is 2. The van der Waals surface area contributed by atoms with Crippen molar-refractivity contribution in [1.82, 2.24) is 25.0 Å². The first-order chi connectivity index (χ1) is 17.0. The third-order valence-electron chi connectivity index (χ3n) is 8.98. The van der Waals surface area contributed by atoms with Crippen molar-refractivity contribution >= 4 is 17.6 Å². The number of benzene rings is 1. The first kappa shape index (κ1) is 21.2. The third kappa shape index (κ3) is 3.58. The lowest BCUT2D eigenvalue weighted by Crippen LogP contribution is -2.67. The zero-order valence-corrected chi connectivity index (χ0v) is 20.0. The fourth-order valence-electron chi connectivity index (χ4n) is 6.70. The Morgan fingerprint density at radius 3 is 2.26 bits per heavy atom. The Hall–Kier alpha value is -3.10. The van der Waals surface area contributed by atoms with E-state index in [0.717, 1.165) is 75.7 Å². The Balaban J connectivity index is 0.883. The zero-order chi connectivity index (χ0) is 23.7. The molecule has 0 radical (unpaired) electrons. The molecule has 5 fully saturated rings. The van der Waals surface area contributed by atoms with Crippen LogP contribution in [0, 0.1) is 5.41 Å². The standard InChI is InChI=1S/C26H33N7O2/c27-22(34)21-2-1-9-33(21)20-7-5-16(6-8-20)19-12-31(13-19)25(35)32-14-26(15-32)10-18(11-26)24-28-23(29-30-24)17-3-4-17/h5-8,17-19,21H,1-4,9-15H2,(H2,27,34)(H,28,29,30)/t21-/m0/s1. The van der Waals surface area contributed by atoms with E-state index in [1.165, 1.54) is 18.4 Å². The zero-order valence-electron chi connectivity index (χ0n) is 20.0. The molecule has 9 heteroatoms. The first-order valence-electron chi connectivity index (χ1n) is 13.1. The molecular weight excluding hydrogens is 442 g/mol. The summed E-state index contributed by atoms with van der Waals surface area (Å²) in [6.07, 6.45) is 6.51. The average molecular weight is 476 g/mol. The number of nitrogens with zero attached hydrogens (tertiary/aromatic N) is 5. The maximum atomic E-state index is 12.9. The highest BCUT2D eigenvalue weighted by molar-refractivity contribution is 5.84. The number of anilines is 1. The van der Waals surface area contributed by atoms with E-state index < -0.39 is 0 Å². The summed E-state index contributed by atoms with van der Waals surface area (Å²) in [6.45, 7) is 4.17. The predicted molar refractivity (Wildman–Crippen MR) is 130 cm³/mol. The Morgan fingerprint density at radius 2 is 1.60 bits per heavy atom. The predicted octanol–water partition coefficient (Wildman–Crippen LogP) is 2.54. The van der Waals surface area contributed by atoms with Crippen LogP contribution >= 0.6 is 0 Å². The lowest BCUT2D eigenvalue weighted by molar-refractivity contribution is -0.119. The summed E-state index contributed by atoms with van der Waals surface area (Å²) in [6, 6.07) is 8.46. The Kier molecular flexibility index (Phi) is 4.66. The van der Waals surface area contributed by atoms with Crippen molar-refractivity contribution in [3.8, 4) is 0 Å². The van der Waals surface area contributed by atoms with Gasteiger partial charge in [-0.2, -0.15) is 0 Å². The van der Waals surface area contributed by atoms with Gasteiger partial charge in [-0.25, -0.2) is 4.79 Å². The number of primary amides is 1. The number of H-pyrrole nitrogens is 1. The molecule has 1 aromatic heterocycles. The number of aromatic amines is 1. The highest BCUT2D eigenvalue weighted by Gasteiger charge is 2.56. The summed E-state index contributed by atoms with van der Waals surface area (Å²) < 4.78 is 0. The second-order valence-electron chi connectivity index (χ2n) is 11.6. The minimum atomic E-state index is -0.245. The Morgan fingerprint density at radius 1 is 0.914 bits per heavy atom. The van der Waals surface area contributed by atoms with E-state index in [-0.39, 0.29) is 18.0 Å². The van der Waals surface area contributed by atoms with E-state index >= 15 is 0 Å². The molecule has 4 heterocycles. The second kappa shape index (κ2) is 7.70. The second-order valence-corrected chi connectivity index (χ2v) is 11.6. The molecule has 2 aliphatic carbocycles. The van der Waals surface area contributed by atoms with Crippen LogP contribution in [0.25, 0.3) is 0 Å². The van der Waals surface area contributed by atoms with Crippen molar-refractivity contribution in [3.63, 3.8) is 0 Å². The van der Waals surface area contributed by atoms with Crippen LogP contribution in [-0.2, 0) is 4.79 Å². The summed E-state index contributed by atoms with van der Waals surface area (Å²) in [5, 5.41) is 8.71. The molecule has 3 aliphatic heterocycles. The van der Waals surface area contributed by atoms with Crippen molar-refractivity contribution < 1.29 is 9.59 Å². The van der Waals surface area contributed by atoms with Gasteiger partial charge in [-0.05, 0) is 56.2 Å². The summed E-state index contributed by atoms with van der Waals surface area (Å²) >= 11 is 0. The fourth-order valence-corrected chi connectivity index (χ4v) is 6.70. The van der Waals surface area contributed by atoms with Crippen LogP contribution in [0.1, 0.15) is 73.5 Å². The number of rotatable bonds is 5. The maximum absolute atomic E-state index is 12.9. The minimum Gasteiger partial charge on any atom is -0.368 e. The number of carbonyl (C=O) groups excluding carboxylic acids is 2. The number of aromatic nitrogens is 3. The van der Waals surface area contributed by atoms with Gasteiger partial charge in [0.05, 0.1) is 0 Å². The lowest BCUT2D eigenvalue weighted by atomic mass is 9.57. The molecule has 184 valence electrons. The highest BCUT2D eigenvalue weighted by Crippen LogP contribution is 2.56. The molecule has 3 N–H and O–H groups in total. The van der Waals surface area contributed by atoms with Gasteiger partial charge < -0.3 is 25.4 Å². The van der Waals surface area contributed by atoms with Crippen molar-refractivity contribution in [2.75, 3.05) is 37.6 Å². The molecule has 7 rings (SSSR count). The number of urea groups is 1. The molecule has 1 atom stereocenters. The summed E-state index contributed by atoms with van der Waals surface area (Å²) in [5.41, 5.74) is 8.18. The van der Waals surface area contributed by atoms with Gasteiger partial charge in [-0.15, -0.1) is 10.2 Å². The smallest absolute Gasteiger partial charge is 0.320 e. The number of hydrogen-bond acceptors (Lipinski definition) is 5. The molecule has 35 heavy (non-hydrogen) atoms. The highest BCUT2D eigenvalue weighted by atomic mass is 16.2. The van der Waals surface area contributed by atoms with Crippen LogP contribution in [0.4, 0.5) is 10.5 Å². The van der Waals surface area contributed by atoms with E-state index in [1.807, 2.05) is 9.80 Å². The molecule has 3 amide bonds. The number of carbonyl (C=O) groups is 2. The van der Waals surface area contributed by atoms with Crippen LogP contribution in [0.2, 0.25) is 0 Å². The molecule has 1 spiro atoms.